The number of rotatable bonds is 5. The minimum Gasteiger partial charge on any atom is -0.325 e. The van der Waals surface area contributed by atoms with Crippen LogP contribution < -0.4 is 10.6 Å². The second-order valence-electron chi connectivity index (χ2n) is 7.33. The van der Waals surface area contributed by atoms with Gasteiger partial charge in [-0.15, -0.1) is 0 Å². The molecule has 0 unspecified atom stereocenters. The molecule has 1 fully saturated rings. The van der Waals surface area contributed by atoms with E-state index in [1.807, 2.05) is 55.5 Å². The number of hydrogen-bond donors (Lipinski definition) is 2. The van der Waals surface area contributed by atoms with Gasteiger partial charge in [0, 0.05) is 5.69 Å². The lowest BCUT2D eigenvalue weighted by molar-refractivity contribution is -0.134. The van der Waals surface area contributed by atoms with Crippen LogP contribution in [-0.2, 0) is 28.0 Å². The van der Waals surface area contributed by atoms with Crippen molar-refractivity contribution in [3.63, 3.8) is 0 Å². The predicted molar refractivity (Wildman–Crippen MR) is 106 cm³/mol. The van der Waals surface area contributed by atoms with Crippen LogP contribution >= 0.6 is 0 Å². The van der Waals surface area contributed by atoms with E-state index in [1.54, 1.807) is 0 Å². The van der Waals surface area contributed by atoms with E-state index in [2.05, 4.69) is 10.6 Å². The summed E-state index contributed by atoms with van der Waals surface area (Å²) in [6.07, 6.45) is 3.63. The molecule has 0 radical (unpaired) electrons. The Morgan fingerprint density at radius 3 is 2.61 bits per heavy atom. The Labute approximate surface area is 163 Å². The first kappa shape index (κ1) is 18.2. The number of carbonyl (C=O) groups is 3. The molecule has 1 heterocycles. The fourth-order valence-corrected chi connectivity index (χ4v) is 4.13. The number of nitrogens with one attached hydrogen (secondary N) is 2. The standard InChI is InChI=1S/C22H23N3O3/c1-2-22(17-9-4-3-5-10-17)20(27)25(21(28)24-22)14-19(26)23-18-12-11-15-7-6-8-16(15)13-18/h3-5,9-13H,2,6-8,14H2,1H3,(H,23,26)(H,24,28)/t22-/m1/s1. The van der Waals surface area contributed by atoms with E-state index in [0.717, 1.165) is 29.7 Å². The van der Waals surface area contributed by atoms with Crippen molar-refractivity contribution in [2.24, 2.45) is 0 Å². The molecule has 4 rings (SSSR count). The van der Waals surface area contributed by atoms with Gasteiger partial charge in [-0.25, -0.2) is 4.79 Å². The summed E-state index contributed by atoms with van der Waals surface area (Å²) < 4.78 is 0. The first-order valence-corrected chi connectivity index (χ1v) is 9.65. The van der Waals surface area contributed by atoms with Crippen molar-refractivity contribution in [2.75, 3.05) is 11.9 Å². The minimum absolute atomic E-state index is 0.309. The molecule has 6 nitrogen and oxygen atoms in total. The van der Waals surface area contributed by atoms with Crippen molar-refractivity contribution in [1.82, 2.24) is 10.2 Å². The number of aryl methyl sites for hydroxylation is 2. The van der Waals surface area contributed by atoms with Crippen molar-refractivity contribution in [3.05, 3.63) is 65.2 Å². The molecular weight excluding hydrogens is 354 g/mol. The van der Waals surface area contributed by atoms with E-state index in [0.29, 0.717) is 12.1 Å². The van der Waals surface area contributed by atoms with Gasteiger partial charge in [-0.2, -0.15) is 0 Å². The van der Waals surface area contributed by atoms with Gasteiger partial charge in [0.25, 0.3) is 5.91 Å². The number of imide groups is 1. The SMILES string of the molecule is CC[C@]1(c2ccccc2)NC(=O)N(CC(=O)Nc2ccc3c(c2)CCC3)C1=O. The van der Waals surface area contributed by atoms with Gasteiger partial charge < -0.3 is 10.6 Å². The molecule has 144 valence electrons. The van der Waals surface area contributed by atoms with E-state index in [9.17, 15) is 14.4 Å². The van der Waals surface area contributed by atoms with E-state index < -0.39 is 17.5 Å². The molecule has 0 spiro atoms. The fraction of sp³-hybridized carbons (Fsp3) is 0.318. The quantitative estimate of drug-likeness (QED) is 0.787. The topological polar surface area (TPSA) is 78.5 Å². The summed E-state index contributed by atoms with van der Waals surface area (Å²) in [5.74, 6) is -0.781. The van der Waals surface area contributed by atoms with Gasteiger partial charge in [0.05, 0.1) is 0 Å². The molecule has 1 atom stereocenters. The van der Waals surface area contributed by atoms with Crippen LogP contribution in [0.1, 0.15) is 36.5 Å². The molecular formula is C22H23N3O3. The van der Waals surface area contributed by atoms with Crippen LogP contribution in [0.25, 0.3) is 0 Å². The summed E-state index contributed by atoms with van der Waals surface area (Å²) in [7, 11) is 0. The van der Waals surface area contributed by atoms with Crippen LogP contribution in [0.5, 0.6) is 0 Å². The van der Waals surface area contributed by atoms with Crippen molar-refractivity contribution < 1.29 is 14.4 Å². The zero-order valence-electron chi connectivity index (χ0n) is 15.8. The number of amides is 4. The lowest BCUT2D eigenvalue weighted by Crippen LogP contribution is -2.44. The Bertz CT molecular complexity index is 941. The predicted octanol–water partition coefficient (Wildman–Crippen LogP) is 2.97. The molecule has 2 aromatic rings. The largest absolute Gasteiger partial charge is 0.325 e. The summed E-state index contributed by atoms with van der Waals surface area (Å²) in [5.41, 5.74) is 2.87. The summed E-state index contributed by atoms with van der Waals surface area (Å²) in [6, 6.07) is 14.5. The highest BCUT2D eigenvalue weighted by molar-refractivity contribution is 6.10. The first-order valence-electron chi connectivity index (χ1n) is 9.65. The van der Waals surface area contributed by atoms with Crippen LogP contribution in [-0.4, -0.2) is 29.3 Å². The molecule has 4 amide bonds. The van der Waals surface area contributed by atoms with Crippen LogP contribution in [0.3, 0.4) is 0 Å². The third kappa shape index (κ3) is 3.05. The third-order valence-corrected chi connectivity index (χ3v) is 5.66. The second-order valence-corrected chi connectivity index (χ2v) is 7.33. The molecule has 28 heavy (non-hydrogen) atoms. The Morgan fingerprint density at radius 2 is 1.86 bits per heavy atom. The minimum atomic E-state index is -1.12. The Balaban J connectivity index is 1.49. The fourth-order valence-electron chi connectivity index (χ4n) is 4.13. The van der Waals surface area contributed by atoms with Crippen LogP contribution in [0.4, 0.5) is 10.5 Å². The lowest BCUT2D eigenvalue weighted by Gasteiger charge is -2.25. The van der Waals surface area contributed by atoms with E-state index in [4.69, 9.17) is 0 Å². The maximum absolute atomic E-state index is 13.1. The third-order valence-electron chi connectivity index (χ3n) is 5.66. The number of nitrogens with zero attached hydrogens (tertiary/aromatic N) is 1. The highest BCUT2D eigenvalue weighted by atomic mass is 16.2. The number of hydrogen-bond acceptors (Lipinski definition) is 3. The zero-order chi connectivity index (χ0) is 19.7. The van der Waals surface area contributed by atoms with Gasteiger partial charge in [-0.3, -0.25) is 14.5 Å². The number of anilines is 1. The summed E-state index contributed by atoms with van der Waals surface area (Å²) >= 11 is 0. The monoisotopic (exact) mass is 377 g/mol. The number of carbonyl (C=O) groups excluding carboxylic acids is 3. The molecule has 6 heteroatoms. The van der Waals surface area contributed by atoms with Crippen molar-refractivity contribution >= 4 is 23.5 Å². The molecule has 2 aromatic carbocycles. The van der Waals surface area contributed by atoms with Crippen molar-refractivity contribution in [1.29, 1.82) is 0 Å². The molecule has 0 aromatic heterocycles. The summed E-state index contributed by atoms with van der Waals surface area (Å²) in [6.45, 7) is 1.54. The van der Waals surface area contributed by atoms with E-state index >= 15 is 0 Å². The smallest absolute Gasteiger partial charge is 0.325 e. The average molecular weight is 377 g/mol. The number of benzene rings is 2. The Hall–Kier alpha value is -3.15. The molecule has 1 aliphatic carbocycles. The summed E-state index contributed by atoms with van der Waals surface area (Å²) in [4.78, 5) is 39.1. The van der Waals surface area contributed by atoms with E-state index in [-0.39, 0.29) is 12.5 Å². The van der Waals surface area contributed by atoms with Crippen LogP contribution in [0.2, 0.25) is 0 Å². The Morgan fingerprint density at radius 1 is 1.11 bits per heavy atom. The molecule has 0 bridgehead atoms. The molecule has 1 aliphatic heterocycles. The molecule has 2 aliphatic rings. The molecule has 2 N–H and O–H groups in total. The lowest BCUT2D eigenvalue weighted by atomic mass is 9.87. The zero-order valence-corrected chi connectivity index (χ0v) is 15.8. The van der Waals surface area contributed by atoms with Gasteiger partial charge in [0.15, 0.2) is 0 Å². The number of urea groups is 1. The highest BCUT2D eigenvalue weighted by Gasteiger charge is 2.51. The molecule has 0 saturated carbocycles. The maximum Gasteiger partial charge on any atom is 0.325 e. The van der Waals surface area contributed by atoms with Crippen molar-refractivity contribution in [3.8, 4) is 0 Å². The summed E-state index contributed by atoms with van der Waals surface area (Å²) in [5, 5.41) is 5.61. The van der Waals surface area contributed by atoms with Gasteiger partial charge in [0.2, 0.25) is 5.91 Å². The Kier molecular flexibility index (Phi) is 4.63. The average Bonchev–Trinajstić information content (AvgIpc) is 3.26. The van der Waals surface area contributed by atoms with Gasteiger partial charge >= 0.3 is 6.03 Å². The normalized spacial score (nSPS) is 20.8. The molecule has 1 saturated heterocycles. The highest BCUT2D eigenvalue weighted by Crippen LogP contribution is 2.32. The van der Waals surface area contributed by atoms with Crippen LogP contribution in [0.15, 0.2) is 48.5 Å². The number of fused-ring (bicyclic) bond motifs is 1. The first-order chi connectivity index (χ1) is 13.5. The van der Waals surface area contributed by atoms with Crippen molar-refractivity contribution in [2.45, 2.75) is 38.1 Å². The van der Waals surface area contributed by atoms with Crippen LogP contribution in [0, 0.1) is 0 Å². The second kappa shape index (κ2) is 7.11. The van der Waals surface area contributed by atoms with E-state index in [1.165, 1.54) is 11.1 Å². The van der Waals surface area contributed by atoms with Gasteiger partial charge in [0.1, 0.15) is 12.1 Å². The van der Waals surface area contributed by atoms with Gasteiger partial charge in [-0.05, 0) is 54.5 Å². The maximum atomic E-state index is 13.1. The van der Waals surface area contributed by atoms with Gasteiger partial charge in [-0.1, -0.05) is 43.3 Å².